The van der Waals surface area contributed by atoms with E-state index in [1.54, 1.807) is 24.3 Å². The number of halogens is 1. The van der Waals surface area contributed by atoms with Crippen LogP contribution >= 0.6 is 0 Å². The summed E-state index contributed by atoms with van der Waals surface area (Å²) in [7, 11) is 1.30. The average molecular weight is 371 g/mol. The Bertz CT molecular complexity index is 833. The van der Waals surface area contributed by atoms with Gasteiger partial charge in [-0.25, -0.2) is 14.6 Å². The first kappa shape index (κ1) is 19.8. The van der Waals surface area contributed by atoms with Gasteiger partial charge in [0.2, 0.25) is 11.8 Å². The third kappa shape index (κ3) is 6.69. The largest absolute Gasteiger partial charge is 0.465 e. The van der Waals surface area contributed by atoms with Gasteiger partial charge in [-0.15, -0.1) is 0 Å². The maximum atomic E-state index is 12.8. The molecule has 0 unspecified atom stereocenters. The molecule has 0 aliphatic rings. The Morgan fingerprint density at radius 2 is 1.63 bits per heavy atom. The Morgan fingerprint density at radius 1 is 1.00 bits per heavy atom. The molecule has 0 bridgehead atoms. The van der Waals surface area contributed by atoms with Gasteiger partial charge in [-0.3, -0.25) is 9.59 Å². The molecule has 0 aliphatic heterocycles. The maximum absolute atomic E-state index is 12.8. The first-order valence-corrected chi connectivity index (χ1v) is 8.03. The first-order chi connectivity index (χ1) is 13.0. The number of nitrogens with one attached hydrogen (secondary N) is 2. The number of hydrazone groups is 1. The topological polar surface area (TPSA) is 96.9 Å². The molecule has 27 heavy (non-hydrogen) atoms. The number of ether oxygens (including phenoxy) is 1. The lowest BCUT2D eigenvalue weighted by Crippen LogP contribution is -2.20. The highest BCUT2D eigenvalue weighted by atomic mass is 19.1. The summed E-state index contributed by atoms with van der Waals surface area (Å²) in [5.74, 6) is -1.62. The quantitative estimate of drug-likeness (QED) is 0.444. The summed E-state index contributed by atoms with van der Waals surface area (Å²) in [4.78, 5) is 34.8. The van der Waals surface area contributed by atoms with E-state index in [4.69, 9.17) is 0 Å². The number of carbonyl (C=O) groups excluding carboxylic acids is 3. The van der Waals surface area contributed by atoms with Gasteiger partial charge in [-0.2, -0.15) is 5.10 Å². The van der Waals surface area contributed by atoms with E-state index in [0.717, 1.165) is 0 Å². The number of rotatable bonds is 7. The Hall–Kier alpha value is -3.55. The van der Waals surface area contributed by atoms with Crippen LogP contribution in [0.4, 0.5) is 10.1 Å². The second-order valence-corrected chi connectivity index (χ2v) is 5.46. The molecule has 0 aliphatic carbocycles. The van der Waals surface area contributed by atoms with Gasteiger partial charge in [0.05, 0.1) is 18.9 Å². The van der Waals surface area contributed by atoms with E-state index >= 15 is 0 Å². The van der Waals surface area contributed by atoms with Crippen molar-refractivity contribution in [1.29, 1.82) is 0 Å². The van der Waals surface area contributed by atoms with Gasteiger partial charge in [-0.1, -0.05) is 12.1 Å². The molecule has 2 rings (SSSR count). The second-order valence-electron chi connectivity index (χ2n) is 5.46. The number of amides is 2. The third-order valence-corrected chi connectivity index (χ3v) is 3.44. The Morgan fingerprint density at radius 3 is 2.26 bits per heavy atom. The van der Waals surface area contributed by atoms with Crippen molar-refractivity contribution < 1.29 is 23.5 Å². The standard InChI is InChI=1S/C19H18FN3O4/c1-27-19(26)14-4-2-13(3-5-14)12-21-23-18(25)11-10-17(24)22-16-8-6-15(20)7-9-16/h2-9,12H,10-11H2,1H3,(H,22,24)(H,23,25)/b21-12+. The molecule has 7 nitrogen and oxygen atoms in total. The zero-order chi connectivity index (χ0) is 19.6. The highest BCUT2D eigenvalue weighted by Gasteiger charge is 2.07. The third-order valence-electron chi connectivity index (χ3n) is 3.44. The van der Waals surface area contributed by atoms with Gasteiger partial charge in [0.15, 0.2) is 0 Å². The summed E-state index contributed by atoms with van der Waals surface area (Å²) in [5, 5.41) is 6.36. The van der Waals surface area contributed by atoms with E-state index in [9.17, 15) is 18.8 Å². The molecule has 0 heterocycles. The summed E-state index contributed by atoms with van der Waals surface area (Å²) < 4.78 is 17.4. The van der Waals surface area contributed by atoms with Gasteiger partial charge >= 0.3 is 5.97 Å². The minimum absolute atomic E-state index is 0.0352. The summed E-state index contributed by atoms with van der Waals surface area (Å²) in [6.07, 6.45) is 1.33. The number of nitrogens with zero attached hydrogens (tertiary/aromatic N) is 1. The molecule has 0 radical (unpaired) electrons. The predicted molar refractivity (Wildman–Crippen MR) is 97.8 cm³/mol. The SMILES string of the molecule is COC(=O)c1ccc(/C=N/NC(=O)CCC(=O)Nc2ccc(F)cc2)cc1. The number of hydrogen-bond donors (Lipinski definition) is 2. The molecular formula is C19H18FN3O4. The van der Waals surface area contributed by atoms with Gasteiger partial charge in [0.1, 0.15) is 5.82 Å². The van der Waals surface area contributed by atoms with Gasteiger partial charge < -0.3 is 10.1 Å². The molecule has 0 aromatic heterocycles. The van der Waals surface area contributed by atoms with Crippen LogP contribution in [0.25, 0.3) is 0 Å². The monoisotopic (exact) mass is 371 g/mol. The predicted octanol–water partition coefficient (Wildman–Crippen LogP) is 2.48. The lowest BCUT2D eigenvalue weighted by molar-refractivity contribution is -0.124. The fraction of sp³-hybridized carbons (Fsp3) is 0.158. The van der Waals surface area contributed by atoms with Crippen molar-refractivity contribution in [2.24, 2.45) is 5.10 Å². The van der Waals surface area contributed by atoms with Crippen LogP contribution in [0.5, 0.6) is 0 Å². The summed E-state index contributed by atoms with van der Waals surface area (Å²) in [6, 6.07) is 11.8. The van der Waals surface area contributed by atoms with E-state index in [1.807, 2.05) is 0 Å². The number of anilines is 1. The van der Waals surface area contributed by atoms with Crippen LogP contribution in [0.15, 0.2) is 53.6 Å². The van der Waals surface area contributed by atoms with Crippen LogP contribution in [-0.4, -0.2) is 31.1 Å². The fourth-order valence-corrected chi connectivity index (χ4v) is 2.04. The van der Waals surface area contributed by atoms with E-state index < -0.39 is 17.7 Å². The Labute approximate surface area is 155 Å². The van der Waals surface area contributed by atoms with E-state index in [-0.39, 0.29) is 18.7 Å². The molecule has 0 saturated carbocycles. The second kappa shape index (κ2) is 9.81. The molecule has 0 spiro atoms. The Kier molecular flexibility index (Phi) is 7.18. The first-order valence-electron chi connectivity index (χ1n) is 8.03. The molecule has 0 saturated heterocycles. The zero-order valence-corrected chi connectivity index (χ0v) is 14.6. The average Bonchev–Trinajstić information content (AvgIpc) is 2.68. The summed E-state index contributed by atoms with van der Waals surface area (Å²) >= 11 is 0. The Balaban J connectivity index is 1.73. The lowest BCUT2D eigenvalue weighted by Gasteiger charge is -2.04. The molecule has 0 atom stereocenters. The molecule has 2 amide bonds. The highest BCUT2D eigenvalue weighted by molar-refractivity contribution is 5.93. The molecule has 2 N–H and O–H groups in total. The van der Waals surface area contributed by atoms with Crippen LogP contribution in [0.3, 0.4) is 0 Å². The van der Waals surface area contributed by atoms with Crippen molar-refractivity contribution in [2.75, 3.05) is 12.4 Å². The molecule has 2 aromatic carbocycles. The van der Waals surface area contributed by atoms with Gasteiger partial charge in [-0.05, 0) is 42.0 Å². The van der Waals surface area contributed by atoms with Crippen LogP contribution in [0.1, 0.15) is 28.8 Å². The smallest absolute Gasteiger partial charge is 0.337 e. The van der Waals surface area contributed by atoms with Crippen LogP contribution in [0, 0.1) is 5.82 Å². The van der Waals surface area contributed by atoms with Crippen molar-refractivity contribution in [3.05, 3.63) is 65.5 Å². The summed E-state index contributed by atoms with van der Waals surface area (Å²) in [6.45, 7) is 0. The van der Waals surface area contributed by atoms with Crippen molar-refractivity contribution in [3.63, 3.8) is 0 Å². The molecular weight excluding hydrogens is 353 g/mol. The van der Waals surface area contributed by atoms with E-state index in [1.165, 1.54) is 37.6 Å². The fourth-order valence-electron chi connectivity index (χ4n) is 2.04. The maximum Gasteiger partial charge on any atom is 0.337 e. The van der Waals surface area contributed by atoms with E-state index in [0.29, 0.717) is 16.8 Å². The van der Waals surface area contributed by atoms with Crippen molar-refractivity contribution in [3.8, 4) is 0 Å². The van der Waals surface area contributed by atoms with E-state index in [2.05, 4.69) is 20.6 Å². The number of methoxy groups -OCH3 is 1. The minimum Gasteiger partial charge on any atom is -0.465 e. The van der Waals surface area contributed by atoms with Gasteiger partial charge in [0.25, 0.3) is 0 Å². The van der Waals surface area contributed by atoms with Crippen LogP contribution in [-0.2, 0) is 14.3 Å². The highest BCUT2D eigenvalue weighted by Crippen LogP contribution is 2.09. The molecule has 8 heteroatoms. The number of benzene rings is 2. The van der Waals surface area contributed by atoms with Crippen LogP contribution in [0.2, 0.25) is 0 Å². The zero-order valence-electron chi connectivity index (χ0n) is 14.6. The normalized spacial score (nSPS) is 10.4. The number of carbonyl (C=O) groups is 3. The van der Waals surface area contributed by atoms with Crippen LogP contribution < -0.4 is 10.7 Å². The lowest BCUT2D eigenvalue weighted by atomic mass is 10.1. The molecule has 0 fully saturated rings. The van der Waals surface area contributed by atoms with Gasteiger partial charge in [0, 0.05) is 18.5 Å². The minimum atomic E-state index is -0.439. The number of esters is 1. The molecule has 2 aromatic rings. The van der Waals surface area contributed by atoms with Crippen molar-refractivity contribution >= 4 is 29.7 Å². The summed E-state index contributed by atoms with van der Waals surface area (Å²) in [5.41, 5.74) is 3.86. The molecule has 140 valence electrons. The number of hydrogen-bond acceptors (Lipinski definition) is 5. The van der Waals surface area contributed by atoms with Crippen molar-refractivity contribution in [1.82, 2.24) is 5.43 Å². The van der Waals surface area contributed by atoms with Crippen molar-refractivity contribution in [2.45, 2.75) is 12.8 Å².